The van der Waals surface area contributed by atoms with Crippen molar-refractivity contribution >= 4 is 18.0 Å². The molecule has 0 spiro atoms. The van der Waals surface area contributed by atoms with Gasteiger partial charge in [0.2, 0.25) is 5.91 Å². The Hall–Kier alpha value is -2.30. The topological polar surface area (TPSA) is 77.8 Å². The van der Waals surface area contributed by atoms with Gasteiger partial charge >= 0.3 is 5.97 Å². The highest BCUT2D eigenvalue weighted by Crippen LogP contribution is 2.11. The summed E-state index contributed by atoms with van der Waals surface area (Å²) in [4.78, 5) is 23.8. The number of rotatable bonds is 5. The number of amides is 1. The van der Waals surface area contributed by atoms with E-state index >= 15 is 0 Å². The van der Waals surface area contributed by atoms with Crippen molar-refractivity contribution in [1.82, 2.24) is 4.90 Å². The highest BCUT2D eigenvalue weighted by molar-refractivity contribution is 5.93. The summed E-state index contributed by atoms with van der Waals surface area (Å²) in [7, 11) is 0. The Morgan fingerprint density at radius 1 is 1.26 bits per heavy atom. The van der Waals surface area contributed by atoms with Crippen molar-refractivity contribution in [2.24, 2.45) is 0 Å². The second-order valence-corrected chi connectivity index (χ2v) is 4.38. The van der Waals surface area contributed by atoms with Crippen LogP contribution in [0.1, 0.15) is 19.4 Å². The van der Waals surface area contributed by atoms with E-state index in [0.717, 1.165) is 5.56 Å². The Labute approximate surface area is 111 Å². The van der Waals surface area contributed by atoms with Crippen LogP contribution in [0.5, 0.6) is 5.75 Å². The minimum absolute atomic E-state index is 0.151. The number of carboxylic acids is 1. The molecule has 0 aliphatic carbocycles. The zero-order chi connectivity index (χ0) is 14.4. The lowest BCUT2D eigenvalue weighted by Crippen LogP contribution is -2.39. The molecule has 0 aliphatic heterocycles. The van der Waals surface area contributed by atoms with Gasteiger partial charge in [-0.25, -0.2) is 0 Å². The van der Waals surface area contributed by atoms with Gasteiger partial charge in [0.25, 0.3) is 0 Å². The maximum absolute atomic E-state index is 11.9. The summed E-state index contributed by atoms with van der Waals surface area (Å²) in [6.07, 6.45) is 2.91. The molecule has 0 aromatic heterocycles. The van der Waals surface area contributed by atoms with Crippen LogP contribution in [0.25, 0.3) is 6.08 Å². The van der Waals surface area contributed by atoms with Gasteiger partial charge in [0.05, 0.1) is 0 Å². The van der Waals surface area contributed by atoms with Crippen molar-refractivity contribution in [3.63, 3.8) is 0 Å². The number of nitrogens with zero attached hydrogens (tertiary/aromatic N) is 1. The first kappa shape index (κ1) is 14.8. The number of aliphatic carboxylic acids is 1. The number of benzene rings is 1. The van der Waals surface area contributed by atoms with E-state index in [1.807, 2.05) is 0 Å². The fourth-order valence-corrected chi connectivity index (χ4v) is 1.51. The molecular weight excluding hydrogens is 246 g/mol. The van der Waals surface area contributed by atoms with Crippen LogP contribution in [-0.4, -0.2) is 39.6 Å². The number of phenolic OH excluding ortho intramolecular Hbond substituents is 1. The Morgan fingerprint density at radius 3 is 2.32 bits per heavy atom. The lowest BCUT2D eigenvalue weighted by atomic mass is 10.2. The third-order valence-corrected chi connectivity index (χ3v) is 2.52. The van der Waals surface area contributed by atoms with Crippen molar-refractivity contribution < 1.29 is 19.8 Å². The van der Waals surface area contributed by atoms with E-state index in [9.17, 15) is 9.59 Å². The van der Waals surface area contributed by atoms with Crippen LogP contribution in [0.2, 0.25) is 0 Å². The zero-order valence-corrected chi connectivity index (χ0v) is 10.9. The summed E-state index contributed by atoms with van der Waals surface area (Å²) in [5.41, 5.74) is 0.755. The summed E-state index contributed by atoms with van der Waals surface area (Å²) in [5, 5.41) is 17.9. The molecule has 1 aromatic rings. The highest BCUT2D eigenvalue weighted by atomic mass is 16.4. The minimum atomic E-state index is -1.04. The van der Waals surface area contributed by atoms with Crippen molar-refractivity contribution in [1.29, 1.82) is 0 Å². The lowest BCUT2D eigenvalue weighted by Gasteiger charge is -2.23. The summed E-state index contributed by atoms with van der Waals surface area (Å²) in [5.74, 6) is -1.25. The molecule has 1 rings (SSSR count). The van der Waals surface area contributed by atoms with Gasteiger partial charge < -0.3 is 15.1 Å². The van der Waals surface area contributed by atoms with Crippen LogP contribution in [0.15, 0.2) is 30.3 Å². The molecule has 0 atom stereocenters. The quantitative estimate of drug-likeness (QED) is 0.793. The number of hydrogen-bond acceptors (Lipinski definition) is 3. The van der Waals surface area contributed by atoms with E-state index in [-0.39, 0.29) is 24.2 Å². The van der Waals surface area contributed by atoms with Gasteiger partial charge in [-0.1, -0.05) is 12.1 Å². The first-order valence-electron chi connectivity index (χ1n) is 5.89. The van der Waals surface area contributed by atoms with Crippen molar-refractivity contribution in [3.8, 4) is 5.75 Å². The van der Waals surface area contributed by atoms with Gasteiger partial charge in [0.15, 0.2) is 0 Å². The second kappa shape index (κ2) is 6.58. The molecule has 102 valence electrons. The first-order chi connectivity index (χ1) is 8.90. The van der Waals surface area contributed by atoms with Gasteiger partial charge in [-0.15, -0.1) is 0 Å². The fraction of sp³-hybridized carbons (Fsp3) is 0.286. The number of carbonyl (C=O) groups excluding carboxylic acids is 1. The molecule has 1 aromatic carbocycles. The monoisotopic (exact) mass is 263 g/mol. The highest BCUT2D eigenvalue weighted by Gasteiger charge is 2.17. The predicted molar refractivity (Wildman–Crippen MR) is 71.6 cm³/mol. The van der Waals surface area contributed by atoms with Crippen LogP contribution < -0.4 is 0 Å². The SMILES string of the molecule is CC(C)N(CC(=O)O)C(=O)C=Cc1ccc(O)cc1. The molecule has 2 N–H and O–H groups in total. The first-order valence-corrected chi connectivity index (χ1v) is 5.89. The molecule has 0 unspecified atom stereocenters. The Bertz CT molecular complexity index is 477. The third kappa shape index (κ3) is 4.83. The van der Waals surface area contributed by atoms with E-state index in [1.54, 1.807) is 32.1 Å². The lowest BCUT2D eigenvalue weighted by molar-refractivity contribution is -0.143. The van der Waals surface area contributed by atoms with Gasteiger partial charge in [-0.05, 0) is 37.6 Å². The second-order valence-electron chi connectivity index (χ2n) is 4.38. The van der Waals surface area contributed by atoms with Gasteiger partial charge in [0.1, 0.15) is 12.3 Å². The van der Waals surface area contributed by atoms with Crippen molar-refractivity contribution in [3.05, 3.63) is 35.9 Å². The number of carbonyl (C=O) groups is 2. The van der Waals surface area contributed by atoms with Gasteiger partial charge in [-0.3, -0.25) is 9.59 Å². The summed E-state index contributed by atoms with van der Waals surface area (Å²) in [6.45, 7) is 3.20. The number of phenols is 1. The molecule has 0 aliphatic rings. The van der Waals surface area contributed by atoms with Crippen LogP contribution in [0, 0.1) is 0 Å². The molecule has 0 heterocycles. The van der Waals surface area contributed by atoms with E-state index in [2.05, 4.69) is 0 Å². The minimum Gasteiger partial charge on any atom is -0.508 e. The summed E-state index contributed by atoms with van der Waals surface area (Å²) < 4.78 is 0. The molecule has 0 fully saturated rings. The Balaban J connectivity index is 2.75. The van der Waals surface area contributed by atoms with Gasteiger partial charge in [0, 0.05) is 12.1 Å². The summed E-state index contributed by atoms with van der Waals surface area (Å²) >= 11 is 0. The molecular formula is C14H17NO4. The van der Waals surface area contributed by atoms with E-state index < -0.39 is 5.97 Å². The van der Waals surface area contributed by atoms with Crippen LogP contribution in [0.3, 0.4) is 0 Å². The largest absolute Gasteiger partial charge is 0.508 e. The molecule has 1 amide bonds. The molecule has 19 heavy (non-hydrogen) atoms. The molecule has 0 saturated carbocycles. The number of aromatic hydroxyl groups is 1. The number of carboxylic acid groups (broad SMARTS) is 1. The number of hydrogen-bond donors (Lipinski definition) is 2. The van der Waals surface area contributed by atoms with E-state index in [0.29, 0.717) is 0 Å². The van der Waals surface area contributed by atoms with Crippen LogP contribution >= 0.6 is 0 Å². The molecule has 0 radical (unpaired) electrons. The fourth-order valence-electron chi connectivity index (χ4n) is 1.51. The molecule has 5 heteroatoms. The predicted octanol–water partition coefficient (Wildman–Crippen LogP) is 1.73. The average Bonchev–Trinajstić information content (AvgIpc) is 2.34. The van der Waals surface area contributed by atoms with Crippen LogP contribution in [0.4, 0.5) is 0 Å². The molecule has 0 saturated heterocycles. The summed E-state index contributed by atoms with van der Waals surface area (Å²) in [6, 6.07) is 6.17. The van der Waals surface area contributed by atoms with E-state index in [1.165, 1.54) is 23.1 Å². The average molecular weight is 263 g/mol. The maximum atomic E-state index is 11.9. The van der Waals surface area contributed by atoms with Crippen molar-refractivity contribution in [2.75, 3.05) is 6.54 Å². The molecule has 0 bridgehead atoms. The van der Waals surface area contributed by atoms with Crippen LogP contribution in [-0.2, 0) is 9.59 Å². The molecule has 5 nitrogen and oxygen atoms in total. The Kier molecular flexibility index (Phi) is 5.11. The Morgan fingerprint density at radius 2 is 1.84 bits per heavy atom. The van der Waals surface area contributed by atoms with Gasteiger partial charge in [-0.2, -0.15) is 0 Å². The maximum Gasteiger partial charge on any atom is 0.323 e. The smallest absolute Gasteiger partial charge is 0.323 e. The third-order valence-electron chi connectivity index (χ3n) is 2.52. The standard InChI is InChI=1S/C14H17NO4/c1-10(2)15(9-14(18)19)13(17)8-5-11-3-6-12(16)7-4-11/h3-8,10,16H,9H2,1-2H3,(H,18,19). The van der Waals surface area contributed by atoms with E-state index in [4.69, 9.17) is 10.2 Å². The van der Waals surface area contributed by atoms with Crippen molar-refractivity contribution in [2.45, 2.75) is 19.9 Å². The zero-order valence-electron chi connectivity index (χ0n) is 10.9. The normalized spacial score (nSPS) is 10.9.